The summed E-state index contributed by atoms with van der Waals surface area (Å²) < 4.78 is 6.23. The summed E-state index contributed by atoms with van der Waals surface area (Å²) in [5.41, 5.74) is 0. The van der Waals surface area contributed by atoms with Crippen LogP contribution < -0.4 is 5.32 Å². The van der Waals surface area contributed by atoms with Gasteiger partial charge in [-0.1, -0.05) is 0 Å². The molecule has 0 aliphatic carbocycles. The first kappa shape index (κ1) is 10.5. The summed E-state index contributed by atoms with van der Waals surface area (Å²) in [7, 11) is 0. The molecule has 1 N–H and O–H groups in total. The van der Waals surface area contributed by atoms with Crippen LogP contribution in [0.15, 0.2) is 16.5 Å². The summed E-state index contributed by atoms with van der Waals surface area (Å²) in [5.74, 6) is 0.962. The van der Waals surface area contributed by atoms with Crippen LogP contribution in [0.3, 0.4) is 0 Å². The van der Waals surface area contributed by atoms with Crippen molar-refractivity contribution in [2.24, 2.45) is 5.92 Å². The standard InChI is InChI=1S/C9H11IN2O/c1-7(4-11)5-12-6-8-2-3-9(10)13-8/h2-3,7,12H,5-6H2,1H3. The predicted molar refractivity (Wildman–Crippen MR) is 57.9 cm³/mol. The number of hydrogen-bond donors (Lipinski definition) is 1. The lowest BCUT2D eigenvalue weighted by atomic mass is 10.2. The molecular weight excluding hydrogens is 279 g/mol. The van der Waals surface area contributed by atoms with E-state index in [1.807, 2.05) is 19.1 Å². The van der Waals surface area contributed by atoms with Crippen LogP contribution in [0.1, 0.15) is 12.7 Å². The van der Waals surface area contributed by atoms with Gasteiger partial charge in [0.2, 0.25) is 0 Å². The van der Waals surface area contributed by atoms with Gasteiger partial charge in [0.25, 0.3) is 0 Å². The van der Waals surface area contributed by atoms with Gasteiger partial charge in [-0.25, -0.2) is 0 Å². The Balaban J connectivity index is 2.25. The van der Waals surface area contributed by atoms with E-state index in [0.29, 0.717) is 13.1 Å². The molecule has 4 heteroatoms. The van der Waals surface area contributed by atoms with Gasteiger partial charge < -0.3 is 9.73 Å². The molecule has 1 heterocycles. The van der Waals surface area contributed by atoms with E-state index in [9.17, 15) is 0 Å². The smallest absolute Gasteiger partial charge is 0.164 e. The zero-order valence-corrected chi connectivity index (χ0v) is 9.54. The zero-order chi connectivity index (χ0) is 9.68. The van der Waals surface area contributed by atoms with E-state index in [1.54, 1.807) is 0 Å². The number of nitriles is 1. The molecule has 70 valence electrons. The minimum absolute atomic E-state index is 0.0500. The first-order valence-electron chi connectivity index (χ1n) is 4.07. The average Bonchev–Trinajstić information content (AvgIpc) is 2.51. The second-order valence-corrected chi connectivity index (χ2v) is 3.93. The highest BCUT2D eigenvalue weighted by atomic mass is 127. The van der Waals surface area contributed by atoms with Crippen molar-refractivity contribution < 1.29 is 4.42 Å². The summed E-state index contributed by atoms with van der Waals surface area (Å²) in [6, 6.07) is 6.02. The topological polar surface area (TPSA) is 49.0 Å². The molecule has 0 aromatic carbocycles. The van der Waals surface area contributed by atoms with Crippen LogP contribution in [0.4, 0.5) is 0 Å². The third kappa shape index (κ3) is 3.79. The van der Waals surface area contributed by atoms with Crippen molar-refractivity contribution in [1.29, 1.82) is 5.26 Å². The molecule has 1 atom stereocenters. The van der Waals surface area contributed by atoms with Gasteiger partial charge in [-0.3, -0.25) is 0 Å². The third-order valence-corrected chi connectivity index (χ3v) is 2.18. The highest BCUT2D eigenvalue weighted by Crippen LogP contribution is 2.09. The fourth-order valence-corrected chi connectivity index (χ4v) is 1.37. The van der Waals surface area contributed by atoms with Crippen molar-refractivity contribution in [1.82, 2.24) is 5.32 Å². The highest BCUT2D eigenvalue weighted by Gasteiger charge is 2.01. The molecule has 0 aliphatic rings. The van der Waals surface area contributed by atoms with Gasteiger partial charge >= 0.3 is 0 Å². The van der Waals surface area contributed by atoms with Gasteiger partial charge in [0.15, 0.2) is 3.77 Å². The molecule has 13 heavy (non-hydrogen) atoms. The molecule has 1 rings (SSSR count). The SMILES string of the molecule is CC(C#N)CNCc1ccc(I)o1. The van der Waals surface area contributed by atoms with Gasteiger partial charge in [0, 0.05) is 6.54 Å². The Kier molecular flexibility index (Phi) is 4.25. The number of hydrogen-bond acceptors (Lipinski definition) is 3. The lowest BCUT2D eigenvalue weighted by molar-refractivity contribution is 0.456. The maximum absolute atomic E-state index is 8.52. The molecule has 0 saturated carbocycles. The van der Waals surface area contributed by atoms with Crippen LogP contribution in [0.5, 0.6) is 0 Å². The van der Waals surface area contributed by atoms with Crippen LogP contribution in [-0.2, 0) is 6.54 Å². The van der Waals surface area contributed by atoms with Crippen LogP contribution in [0.2, 0.25) is 0 Å². The highest BCUT2D eigenvalue weighted by molar-refractivity contribution is 14.1. The van der Waals surface area contributed by atoms with Crippen LogP contribution in [0.25, 0.3) is 0 Å². The van der Waals surface area contributed by atoms with Crippen molar-refractivity contribution in [2.75, 3.05) is 6.54 Å². The third-order valence-electron chi connectivity index (χ3n) is 1.60. The van der Waals surface area contributed by atoms with E-state index in [4.69, 9.17) is 9.68 Å². The Morgan fingerprint density at radius 2 is 2.46 bits per heavy atom. The Morgan fingerprint density at radius 1 is 1.69 bits per heavy atom. The van der Waals surface area contributed by atoms with Gasteiger partial charge in [-0.2, -0.15) is 5.26 Å². The van der Waals surface area contributed by atoms with Crippen molar-refractivity contribution >= 4 is 22.6 Å². The number of rotatable bonds is 4. The van der Waals surface area contributed by atoms with E-state index < -0.39 is 0 Å². The molecule has 1 aromatic heterocycles. The van der Waals surface area contributed by atoms with Gasteiger partial charge in [-0.15, -0.1) is 0 Å². The fourth-order valence-electron chi connectivity index (χ4n) is 0.904. The van der Waals surface area contributed by atoms with Gasteiger partial charge in [0.05, 0.1) is 18.5 Å². The van der Waals surface area contributed by atoms with Crippen molar-refractivity contribution in [3.8, 4) is 6.07 Å². The number of halogens is 1. The molecule has 0 fully saturated rings. The summed E-state index contributed by atoms with van der Waals surface area (Å²) >= 11 is 2.13. The zero-order valence-electron chi connectivity index (χ0n) is 7.38. The number of nitrogens with zero attached hydrogens (tertiary/aromatic N) is 1. The molecule has 0 radical (unpaired) electrons. The van der Waals surface area contributed by atoms with Gasteiger partial charge in [0.1, 0.15) is 5.76 Å². The number of furan rings is 1. The van der Waals surface area contributed by atoms with Crippen molar-refractivity contribution in [3.63, 3.8) is 0 Å². The Morgan fingerprint density at radius 3 is 3.00 bits per heavy atom. The molecule has 0 aliphatic heterocycles. The largest absolute Gasteiger partial charge is 0.454 e. The second-order valence-electron chi connectivity index (χ2n) is 2.87. The van der Waals surface area contributed by atoms with Crippen molar-refractivity contribution in [3.05, 3.63) is 21.7 Å². The Bertz CT molecular complexity index is 303. The first-order chi connectivity index (χ1) is 6.22. The monoisotopic (exact) mass is 290 g/mol. The van der Waals surface area contributed by atoms with E-state index >= 15 is 0 Å². The lowest BCUT2D eigenvalue weighted by Gasteiger charge is -2.02. The summed E-state index contributed by atoms with van der Waals surface area (Å²) in [6.07, 6.45) is 0. The minimum Gasteiger partial charge on any atom is -0.454 e. The quantitative estimate of drug-likeness (QED) is 0.864. The Hall–Kier alpha value is -0.540. The second kappa shape index (κ2) is 5.25. The normalized spacial score (nSPS) is 12.4. The molecule has 0 bridgehead atoms. The molecule has 3 nitrogen and oxygen atoms in total. The molecule has 1 aromatic rings. The van der Waals surface area contributed by atoms with E-state index in [1.165, 1.54) is 0 Å². The maximum Gasteiger partial charge on any atom is 0.164 e. The molecule has 0 spiro atoms. The van der Waals surface area contributed by atoms with E-state index in [-0.39, 0.29) is 5.92 Å². The molecule has 1 unspecified atom stereocenters. The minimum atomic E-state index is 0.0500. The maximum atomic E-state index is 8.52. The fraction of sp³-hybridized carbons (Fsp3) is 0.444. The summed E-state index contributed by atoms with van der Waals surface area (Å²) in [5, 5.41) is 11.7. The average molecular weight is 290 g/mol. The summed E-state index contributed by atoms with van der Waals surface area (Å²) in [6.45, 7) is 3.28. The van der Waals surface area contributed by atoms with E-state index in [2.05, 4.69) is 34.0 Å². The summed E-state index contributed by atoms with van der Waals surface area (Å²) in [4.78, 5) is 0. The Labute approximate surface area is 91.3 Å². The van der Waals surface area contributed by atoms with Crippen LogP contribution in [-0.4, -0.2) is 6.54 Å². The lowest BCUT2D eigenvalue weighted by Crippen LogP contribution is -2.19. The number of nitrogens with one attached hydrogen (secondary N) is 1. The predicted octanol–water partition coefficient (Wildman–Crippen LogP) is 2.13. The first-order valence-corrected chi connectivity index (χ1v) is 5.15. The molecular formula is C9H11IN2O. The van der Waals surface area contributed by atoms with Gasteiger partial charge in [-0.05, 0) is 41.6 Å². The van der Waals surface area contributed by atoms with Crippen molar-refractivity contribution in [2.45, 2.75) is 13.5 Å². The van der Waals surface area contributed by atoms with Crippen LogP contribution >= 0.6 is 22.6 Å². The van der Waals surface area contributed by atoms with Crippen LogP contribution in [0, 0.1) is 21.0 Å². The molecule has 0 saturated heterocycles. The van der Waals surface area contributed by atoms with E-state index in [0.717, 1.165) is 9.53 Å². The molecule has 0 amide bonds.